The molecule has 1 aromatic heterocycles. The van der Waals surface area contributed by atoms with E-state index in [1.54, 1.807) is 4.88 Å². The van der Waals surface area contributed by atoms with Gasteiger partial charge in [-0.25, -0.2) is 0 Å². The zero-order valence-electron chi connectivity index (χ0n) is 14.1. The van der Waals surface area contributed by atoms with Gasteiger partial charge in [-0.15, -0.1) is 11.3 Å². The Labute approximate surface area is 143 Å². The first-order valence-electron chi connectivity index (χ1n) is 8.26. The molecule has 1 aromatic rings. The summed E-state index contributed by atoms with van der Waals surface area (Å²) in [6, 6.07) is 2.22. The number of hydrogen-bond donors (Lipinski definition) is 1. The Bertz CT molecular complexity index is 446. The Morgan fingerprint density at radius 1 is 1.33 bits per heavy atom. The normalized spacial score (nSPS) is 27.3. The third kappa shape index (κ3) is 4.80. The van der Waals surface area contributed by atoms with Gasteiger partial charge in [0, 0.05) is 14.9 Å². The number of hydrogen-bond acceptors (Lipinski definition) is 2. The predicted octanol–water partition coefficient (Wildman–Crippen LogP) is 6.05. The Morgan fingerprint density at radius 3 is 2.57 bits per heavy atom. The van der Waals surface area contributed by atoms with E-state index in [-0.39, 0.29) is 5.54 Å². The minimum absolute atomic E-state index is 0.214. The van der Waals surface area contributed by atoms with Crippen LogP contribution in [0.25, 0.3) is 0 Å². The van der Waals surface area contributed by atoms with Crippen LogP contribution >= 0.6 is 27.3 Å². The fourth-order valence-corrected chi connectivity index (χ4v) is 5.32. The molecule has 120 valence electrons. The molecule has 1 aliphatic rings. The highest BCUT2D eigenvalue weighted by Gasteiger charge is 2.34. The van der Waals surface area contributed by atoms with Crippen LogP contribution in [0.1, 0.15) is 64.7 Å². The highest BCUT2D eigenvalue weighted by Crippen LogP contribution is 2.46. The molecule has 2 rings (SSSR count). The van der Waals surface area contributed by atoms with Crippen LogP contribution in [0, 0.1) is 17.8 Å². The van der Waals surface area contributed by atoms with Gasteiger partial charge in [0.1, 0.15) is 0 Å². The lowest BCUT2D eigenvalue weighted by Gasteiger charge is -2.39. The number of thiophene rings is 1. The molecule has 1 saturated carbocycles. The van der Waals surface area contributed by atoms with E-state index in [1.807, 2.05) is 11.3 Å². The van der Waals surface area contributed by atoms with Crippen LogP contribution in [0.15, 0.2) is 15.9 Å². The molecule has 1 fully saturated rings. The van der Waals surface area contributed by atoms with Gasteiger partial charge in [-0.2, -0.15) is 0 Å². The van der Waals surface area contributed by atoms with Crippen molar-refractivity contribution in [1.29, 1.82) is 0 Å². The van der Waals surface area contributed by atoms with E-state index < -0.39 is 0 Å². The van der Waals surface area contributed by atoms with Gasteiger partial charge in [0.15, 0.2) is 0 Å². The van der Waals surface area contributed by atoms with Crippen molar-refractivity contribution in [3.63, 3.8) is 0 Å². The molecular formula is C18H30BrNS. The molecular weight excluding hydrogens is 342 g/mol. The second kappa shape index (κ2) is 7.14. The van der Waals surface area contributed by atoms with Crippen molar-refractivity contribution in [3.05, 3.63) is 20.8 Å². The highest BCUT2D eigenvalue weighted by atomic mass is 79.9. The fraction of sp³-hybridized carbons (Fsp3) is 0.778. The van der Waals surface area contributed by atoms with Crippen LogP contribution in [0.4, 0.5) is 0 Å². The fourth-order valence-electron chi connectivity index (χ4n) is 3.44. The van der Waals surface area contributed by atoms with E-state index in [4.69, 9.17) is 0 Å². The maximum Gasteiger partial charge on any atom is 0.0317 e. The van der Waals surface area contributed by atoms with E-state index in [0.717, 1.165) is 30.2 Å². The number of halogens is 1. The van der Waals surface area contributed by atoms with E-state index in [2.05, 4.69) is 67.3 Å². The summed E-state index contributed by atoms with van der Waals surface area (Å²) >= 11 is 5.70. The summed E-state index contributed by atoms with van der Waals surface area (Å²) in [5.41, 5.74) is 0.214. The van der Waals surface area contributed by atoms with Crippen LogP contribution in [-0.4, -0.2) is 12.1 Å². The van der Waals surface area contributed by atoms with Crippen molar-refractivity contribution in [2.45, 2.75) is 65.3 Å². The summed E-state index contributed by atoms with van der Waals surface area (Å²) < 4.78 is 1.32. The Balaban J connectivity index is 2.13. The van der Waals surface area contributed by atoms with Crippen LogP contribution in [0.3, 0.4) is 0 Å². The average molecular weight is 372 g/mol. The van der Waals surface area contributed by atoms with Crippen molar-refractivity contribution in [1.82, 2.24) is 5.32 Å². The first-order chi connectivity index (χ1) is 9.78. The standard InChI is InChI=1S/C18H30BrNS/c1-12(2)13-6-7-14(11-20-18(3,4)5)15(10-13)17-16(19)8-9-21-17/h8-9,12-15,20H,6-7,10-11H2,1-5H3. The van der Waals surface area contributed by atoms with Crippen molar-refractivity contribution in [2.24, 2.45) is 17.8 Å². The Morgan fingerprint density at radius 2 is 2.05 bits per heavy atom. The van der Waals surface area contributed by atoms with Gasteiger partial charge in [-0.3, -0.25) is 0 Å². The second-order valence-electron chi connectivity index (χ2n) is 7.95. The third-order valence-electron chi connectivity index (χ3n) is 4.85. The Hall–Kier alpha value is 0.140. The molecule has 3 atom stereocenters. The van der Waals surface area contributed by atoms with E-state index >= 15 is 0 Å². The van der Waals surface area contributed by atoms with E-state index in [9.17, 15) is 0 Å². The molecule has 0 saturated heterocycles. The third-order valence-corrected chi connectivity index (χ3v) is 6.86. The number of rotatable bonds is 4. The first-order valence-corrected chi connectivity index (χ1v) is 9.93. The van der Waals surface area contributed by atoms with Gasteiger partial charge in [-0.1, -0.05) is 13.8 Å². The lowest BCUT2D eigenvalue weighted by atomic mass is 9.70. The average Bonchev–Trinajstić information content (AvgIpc) is 2.81. The second-order valence-corrected chi connectivity index (χ2v) is 9.75. The molecule has 1 N–H and O–H groups in total. The summed E-state index contributed by atoms with van der Waals surface area (Å²) in [5, 5.41) is 5.97. The molecule has 21 heavy (non-hydrogen) atoms. The van der Waals surface area contributed by atoms with E-state index in [1.165, 1.54) is 23.7 Å². The molecule has 0 bridgehead atoms. The van der Waals surface area contributed by atoms with E-state index in [0.29, 0.717) is 0 Å². The lowest BCUT2D eigenvalue weighted by Crippen LogP contribution is -2.42. The summed E-state index contributed by atoms with van der Waals surface area (Å²) in [7, 11) is 0. The van der Waals surface area contributed by atoms with Crippen molar-refractivity contribution in [3.8, 4) is 0 Å². The SMILES string of the molecule is CC(C)C1CCC(CNC(C)(C)C)C(c2sccc2Br)C1. The molecule has 3 unspecified atom stereocenters. The van der Waals surface area contributed by atoms with Gasteiger partial charge in [-0.05, 0) is 97.6 Å². The van der Waals surface area contributed by atoms with Crippen LogP contribution in [-0.2, 0) is 0 Å². The van der Waals surface area contributed by atoms with Gasteiger partial charge in [0.2, 0.25) is 0 Å². The minimum atomic E-state index is 0.214. The van der Waals surface area contributed by atoms with Gasteiger partial charge in [0.25, 0.3) is 0 Å². The predicted molar refractivity (Wildman–Crippen MR) is 98.2 cm³/mol. The topological polar surface area (TPSA) is 12.0 Å². The minimum Gasteiger partial charge on any atom is -0.312 e. The van der Waals surface area contributed by atoms with Crippen molar-refractivity contribution in [2.75, 3.05) is 6.54 Å². The largest absolute Gasteiger partial charge is 0.312 e. The number of nitrogens with one attached hydrogen (secondary N) is 1. The monoisotopic (exact) mass is 371 g/mol. The van der Waals surface area contributed by atoms with Crippen LogP contribution in [0.5, 0.6) is 0 Å². The molecule has 1 aliphatic carbocycles. The molecule has 1 nitrogen and oxygen atoms in total. The molecule has 0 aromatic carbocycles. The summed E-state index contributed by atoms with van der Waals surface area (Å²) in [5.74, 6) is 3.18. The maximum atomic E-state index is 3.77. The lowest BCUT2D eigenvalue weighted by molar-refractivity contribution is 0.184. The van der Waals surface area contributed by atoms with Crippen molar-refractivity contribution < 1.29 is 0 Å². The van der Waals surface area contributed by atoms with Crippen LogP contribution in [0.2, 0.25) is 0 Å². The molecule has 0 aliphatic heterocycles. The van der Waals surface area contributed by atoms with Crippen LogP contribution < -0.4 is 5.32 Å². The maximum absolute atomic E-state index is 3.77. The highest BCUT2D eigenvalue weighted by molar-refractivity contribution is 9.10. The van der Waals surface area contributed by atoms with Gasteiger partial charge < -0.3 is 5.32 Å². The molecule has 3 heteroatoms. The molecule has 0 amide bonds. The molecule has 1 heterocycles. The Kier molecular flexibility index (Phi) is 5.95. The summed E-state index contributed by atoms with van der Waals surface area (Å²) in [4.78, 5) is 1.57. The zero-order chi connectivity index (χ0) is 15.6. The zero-order valence-corrected chi connectivity index (χ0v) is 16.5. The molecule has 0 radical (unpaired) electrons. The summed E-state index contributed by atoms with van der Waals surface area (Å²) in [6.45, 7) is 12.7. The van der Waals surface area contributed by atoms with Crippen molar-refractivity contribution >= 4 is 27.3 Å². The quantitative estimate of drug-likeness (QED) is 0.678. The molecule has 0 spiro atoms. The van der Waals surface area contributed by atoms with Gasteiger partial charge in [0.05, 0.1) is 0 Å². The first kappa shape index (κ1) is 17.5. The summed E-state index contributed by atoms with van der Waals surface area (Å²) in [6.07, 6.45) is 4.11. The van der Waals surface area contributed by atoms with Gasteiger partial charge >= 0.3 is 0 Å². The smallest absolute Gasteiger partial charge is 0.0317 e.